The number of methoxy groups -OCH3 is 1. The standard InChI is InChI=1S/C21H27N3O4/c1-3-28-19-6-4-15(12-20(19)27-2)5-7-21(26)23-17-10-16(11-18(17)25)13-24-9-8-22-14-24/h4-9,12,14,16-18,25H,3,10-11,13H2,1-2H3,(H,23,26)/b7-5+/t16?,17-,18-/m1/s1. The van der Waals surface area contributed by atoms with Gasteiger partial charge in [-0.3, -0.25) is 4.79 Å². The van der Waals surface area contributed by atoms with Crippen LogP contribution in [0.2, 0.25) is 0 Å². The number of imidazole rings is 1. The molecule has 3 rings (SSSR count). The minimum Gasteiger partial charge on any atom is -0.493 e. The fraction of sp³-hybridized carbons (Fsp3) is 0.429. The highest BCUT2D eigenvalue weighted by atomic mass is 16.5. The lowest BCUT2D eigenvalue weighted by Gasteiger charge is -2.15. The summed E-state index contributed by atoms with van der Waals surface area (Å²) in [7, 11) is 1.58. The maximum absolute atomic E-state index is 12.3. The molecule has 1 aromatic heterocycles. The third kappa shape index (κ3) is 5.13. The molecule has 0 bridgehead atoms. The Bertz CT molecular complexity index is 804. The molecule has 0 saturated heterocycles. The molecule has 28 heavy (non-hydrogen) atoms. The van der Waals surface area contributed by atoms with E-state index in [0.717, 1.165) is 18.5 Å². The average Bonchev–Trinajstić information content (AvgIpc) is 3.31. The summed E-state index contributed by atoms with van der Waals surface area (Å²) < 4.78 is 12.8. The highest BCUT2D eigenvalue weighted by Crippen LogP contribution is 2.29. The Morgan fingerprint density at radius 2 is 2.25 bits per heavy atom. The van der Waals surface area contributed by atoms with Gasteiger partial charge in [-0.15, -0.1) is 0 Å². The van der Waals surface area contributed by atoms with Crippen molar-refractivity contribution in [2.75, 3.05) is 13.7 Å². The number of hydrogen-bond acceptors (Lipinski definition) is 5. The molecule has 1 aliphatic rings. The summed E-state index contributed by atoms with van der Waals surface area (Å²) in [6.45, 7) is 3.26. The van der Waals surface area contributed by atoms with Crippen molar-refractivity contribution in [3.63, 3.8) is 0 Å². The first-order chi connectivity index (χ1) is 13.6. The Morgan fingerprint density at radius 1 is 1.39 bits per heavy atom. The molecule has 1 heterocycles. The average molecular weight is 385 g/mol. The van der Waals surface area contributed by atoms with E-state index in [0.29, 0.717) is 30.4 Å². The number of aromatic nitrogens is 2. The molecule has 1 unspecified atom stereocenters. The van der Waals surface area contributed by atoms with Crippen LogP contribution in [0.3, 0.4) is 0 Å². The van der Waals surface area contributed by atoms with Gasteiger partial charge in [-0.25, -0.2) is 4.98 Å². The van der Waals surface area contributed by atoms with Crippen molar-refractivity contribution in [2.45, 2.75) is 38.5 Å². The van der Waals surface area contributed by atoms with E-state index in [-0.39, 0.29) is 11.9 Å². The van der Waals surface area contributed by atoms with Gasteiger partial charge in [-0.1, -0.05) is 6.07 Å². The molecule has 1 fully saturated rings. The van der Waals surface area contributed by atoms with Crippen molar-refractivity contribution < 1.29 is 19.4 Å². The van der Waals surface area contributed by atoms with Gasteiger partial charge in [0.2, 0.25) is 5.91 Å². The smallest absolute Gasteiger partial charge is 0.244 e. The van der Waals surface area contributed by atoms with Gasteiger partial charge in [-0.05, 0) is 49.5 Å². The van der Waals surface area contributed by atoms with Crippen LogP contribution in [-0.4, -0.2) is 46.4 Å². The van der Waals surface area contributed by atoms with Crippen LogP contribution in [0.15, 0.2) is 43.0 Å². The molecular weight excluding hydrogens is 358 g/mol. The molecule has 7 nitrogen and oxygen atoms in total. The Labute approximate surface area is 165 Å². The summed E-state index contributed by atoms with van der Waals surface area (Å²) in [4.78, 5) is 16.3. The van der Waals surface area contributed by atoms with Gasteiger partial charge in [-0.2, -0.15) is 0 Å². The van der Waals surface area contributed by atoms with Gasteiger partial charge in [0, 0.05) is 25.0 Å². The molecule has 0 radical (unpaired) electrons. The molecule has 1 aromatic carbocycles. The number of nitrogens with zero attached hydrogens (tertiary/aromatic N) is 2. The second-order valence-electron chi connectivity index (χ2n) is 6.96. The molecule has 2 N–H and O–H groups in total. The topological polar surface area (TPSA) is 85.6 Å². The third-order valence-electron chi connectivity index (χ3n) is 4.90. The number of amides is 1. The highest BCUT2D eigenvalue weighted by Gasteiger charge is 2.33. The number of ether oxygens (including phenoxy) is 2. The van der Waals surface area contributed by atoms with Gasteiger partial charge in [0.05, 0.1) is 32.2 Å². The van der Waals surface area contributed by atoms with Gasteiger partial charge in [0.25, 0.3) is 0 Å². The number of carbonyl (C=O) groups excluding carboxylic acids is 1. The van der Waals surface area contributed by atoms with Crippen LogP contribution in [0.5, 0.6) is 11.5 Å². The summed E-state index contributed by atoms with van der Waals surface area (Å²) in [6.07, 6.45) is 9.50. The maximum atomic E-state index is 12.3. The summed E-state index contributed by atoms with van der Waals surface area (Å²) in [5.41, 5.74) is 0.834. The molecule has 7 heteroatoms. The van der Waals surface area contributed by atoms with E-state index >= 15 is 0 Å². The van der Waals surface area contributed by atoms with Crippen LogP contribution < -0.4 is 14.8 Å². The second kappa shape index (κ2) is 9.41. The minimum absolute atomic E-state index is 0.222. The van der Waals surface area contributed by atoms with E-state index in [9.17, 15) is 9.90 Å². The van der Waals surface area contributed by atoms with Crippen molar-refractivity contribution in [2.24, 2.45) is 5.92 Å². The molecule has 0 spiro atoms. The first-order valence-electron chi connectivity index (χ1n) is 9.52. The second-order valence-corrected chi connectivity index (χ2v) is 6.96. The number of rotatable bonds is 8. The molecule has 3 atom stereocenters. The number of benzene rings is 1. The quantitative estimate of drug-likeness (QED) is 0.681. The van der Waals surface area contributed by atoms with E-state index in [1.54, 1.807) is 25.7 Å². The molecule has 2 aromatic rings. The molecule has 1 saturated carbocycles. The summed E-state index contributed by atoms with van der Waals surface area (Å²) >= 11 is 0. The lowest BCUT2D eigenvalue weighted by molar-refractivity contribution is -0.117. The maximum Gasteiger partial charge on any atom is 0.244 e. The lowest BCUT2D eigenvalue weighted by Crippen LogP contribution is -2.39. The highest BCUT2D eigenvalue weighted by molar-refractivity contribution is 5.92. The van der Waals surface area contributed by atoms with Crippen molar-refractivity contribution in [3.8, 4) is 11.5 Å². The molecule has 1 amide bonds. The first kappa shape index (κ1) is 19.9. The van der Waals surface area contributed by atoms with Crippen LogP contribution in [0.4, 0.5) is 0 Å². The largest absolute Gasteiger partial charge is 0.493 e. The lowest BCUT2D eigenvalue weighted by atomic mass is 10.1. The number of carbonyl (C=O) groups is 1. The minimum atomic E-state index is -0.531. The monoisotopic (exact) mass is 385 g/mol. The number of nitrogens with one attached hydrogen (secondary N) is 1. The molecule has 0 aliphatic heterocycles. The van der Waals surface area contributed by atoms with Crippen molar-refractivity contribution >= 4 is 12.0 Å². The van der Waals surface area contributed by atoms with Gasteiger partial charge in [0.15, 0.2) is 11.5 Å². The Kier molecular flexibility index (Phi) is 6.71. The zero-order valence-electron chi connectivity index (χ0n) is 16.2. The first-order valence-corrected chi connectivity index (χ1v) is 9.52. The van der Waals surface area contributed by atoms with E-state index < -0.39 is 6.10 Å². The SMILES string of the molecule is CCOc1ccc(/C=C/C(=O)N[C@@H]2CC(Cn3ccnc3)C[C@H]2O)cc1OC. The van der Waals surface area contributed by atoms with Crippen LogP contribution in [0.1, 0.15) is 25.3 Å². The Morgan fingerprint density at radius 3 is 2.96 bits per heavy atom. The number of aliphatic hydroxyl groups excluding tert-OH is 1. The summed E-state index contributed by atoms with van der Waals surface area (Å²) in [6, 6.07) is 5.27. The zero-order chi connectivity index (χ0) is 19.9. The van der Waals surface area contributed by atoms with E-state index in [1.807, 2.05) is 35.9 Å². The fourth-order valence-corrected chi connectivity index (χ4v) is 3.58. The van der Waals surface area contributed by atoms with Crippen molar-refractivity contribution in [1.82, 2.24) is 14.9 Å². The van der Waals surface area contributed by atoms with Crippen molar-refractivity contribution in [3.05, 3.63) is 48.6 Å². The van der Waals surface area contributed by atoms with E-state index in [4.69, 9.17) is 9.47 Å². The van der Waals surface area contributed by atoms with E-state index in [1.165, 1.54) is 6.08 Å². The molecule has 1 aliphatic carbocycles. The summed E-state index contributed by atoms with van der Waals surface area (Å²) in [5, 5.41) is 13.2. The van der Waals surface area contributed by atoms with Crippen LogP contribution in [0.25, 0.3) is 6.08 Å². The van der Waals surface area contributed by atoms with E-state index in [2.05, 4.69) is 10.3 Å². The van der Waals surface area contributed by atoms with Gasteiger partial charge >= 0.3 is 0 Å². The van der Waals surface area contributed by atoms with Crippen LogP contribution >= 0.6 is 0 Å². The predicted molar refractivity (Wildman–Crippen MR) is 106 cm³/mol. The Balaban J connectivity index is 1.55. The summed E-state index contributed by atoms with van der Waals surface area (Å²) in [5.74, 6) is 1.39. The predicted octanol–water partition coefficient (Wildman–Crippen LogP) is 2.26. The normalized spacial score (nSPS) is 21.8. The van der Waals surface area contributed by atoms with Gasteiger partial charge < -0.3 is 24.5 Å². The van der Waals surface area contributed by atoms with Crippen LogP contribution in [-0.2, 0) is 11.3 Å². The zero-order valence-corrected chi connectivity index (χ0v) is 16.2. The third-order valence-corrected chi connectivity index (χ3v) is 4.90. The molecular formula is C21H27N3O4. The van der Waals surface area contributed by atoms with Crippen LogP contribution in [0, 0.1) is 5.92 Å². The number of hydrogen-bond donors (Lipinski definition) is 2. The van der Waals surface area contributed by atoms with Crippen molar-refractivity contribution in [1.29, 1.82) is 0 Å². The molecule has 150 valence electrons. The van der Waals surface area contributed by atoms with Gasteiger partial charge in [0.1, 0.15) is 0 Å². The number of aliphatic hydroxyl groups is 1. The fourth-order valence-electron chi connectivity index (χ4n) is 3.58. The Hall–Kier alpha value is -2.80.